The molecule has 0 aromatic heterocycles. The van der Waals surface area contributed by atoms with Crippen LogP contribution in [0.25, 0.3) is 11.1 Å². The molecule has 25 heavy (non-hydrogen) atoms. The van der Waals surface area contributed by atoms with Gasteiger partial charge >= 0.3 is 5.97 Å². The van der Waals surface area contributed by atoms with Gasteiger partial charge in [-0.3, -0.25) is 9.00 Å². The van der Waals surface area contributed by atoms with Gasteiger partial charge in [0.2, 0.25) is 0 Å². The third kappa shape index (κ3) is 5.10. The van der Waals surface area contributed by atoms with Crippen LogP contribution in [0.15, 0.2) is 54.7 Å². The summed E-state index contributed by atoms with van der Waals surface area (Å²) in [6.45, 7) is 5.19. The van der Waals surface area contributed by atoms with Gasteiger partial charge in [0.05, 0.1) is 0 Å². The van der Waals surface area contributed by atoms with E-state index in [-0.39, 0.29) is 11.3 Å². The topological polar surface area (TPSA) is 107 Å². The van der Waals surface area contributed by atoms with Gasteiger partial charge in [-0.15, -0.1) is 0 Å². The number of carbonyl (C=O) groups is 2. The van der Waals surface area contributed by atoms with E-state index in [1.807, 2.05) is 31.2 Å². The summed E-state index contributed by atoms with van der Waals surface area (Å²) in [4.78, 5) is 23.0. The number of aryl methyl sites for hydroxylation is 1. The molecule has 0 saturated carbocycles. The van der Waals surface area contributed by atoms with Gasteiger partial charge < -0.3 is 15.0 Å². The van der Waals surface area contributed by atoms with Crippen molar-refractivity contribution in [3.8, 4) is 11.1 Å². The first-order valence-corrected chi connectivity index (χ1v) is 8.51. The number of rotatable bonds is 6. The zero-order chi connectivity index (χ0) is 18.6. The van der Waals surface area contributed by atoms with Crippen LogP contribution < -0.4 is 5.32 Å². The molecule has 0 fully saturated rings. The minimum absolute atomic E-state index is 0.154. The summed E-state index contributed by atoms with van der Waals surface area (Å²) in [5.41, 5.74) is 2.67. The SMILES string of the molecule is C=C(NC(=O)c1cc(CS(=O)[O-])cc(-c2ccc(C)cc2)c1)C(=O)O. The Hall–Kier alpha value is -2.77. The number of nitrogens with one attached hydrogen (secondary N) is 1. The van der Waals surface area contributed by atoms with E-state index in [1.54, 1.807) is 12.1 Å². The second-order valence-corrected chi connectivity index (χ2v) is 6.37. The molecule has 130 valence electrons. The number of carboxylic acids is 1. The van der Waals surface area contributed by atoms with Crippen molar-refractivity contribution in [1.29, 1.82) is 0 Å². The third-order valence-corrected chi connectivity index (χ3v) is 4.02. The molecule has 6 nitrogen and oxygen atoms in total. The molecule has 2 rings (SSSR count). The first-order chi connectivity index (χ1) is 11.8. The molecule has 2 N–H and O–H groups in total. The molecule has 0 aliphatic heterocycles. The molecule has 0 aliphatic carbocycles. The van der Waals surface area contributed by atoms with Crippen LogP contribution in [0.5, 0.6) is 0 Å². The molecule has 0 spiro atoms. The van der Waals surface area contributed by atoms with Gasteiger partial charge in [-0.1, -0.05) is 53.6 Å². The minimum atomic E-state index is -2.32. The molecular weight excluding hydrogens is 342 g/mol. The Morgan fingerprint density at radius 2 is 1.80 bits per heavy atom. The molecule has 0 radical (unpaired) electrons. The van der Waals surface area contributed by atoms with E-state index < -0.39 is 28.7 Å². The number of benzene rings is 2. The first-order valence-electron chi connectivity index (χ1n) is 7.26. The number of carbonyl (C=O) groups excluding carboxylic acids is 1. The van der Waals surface area contributed by atoms with Gasteiger partial charge in [0.1, 0.15) is 5.70 Å². The molecule has 0 saturated heterocycles. The fourth-order valence-electron chi connectivity index (χ4n) is 2.22. The summed E-state index contributed by atoms with van der Waals surface area (Å²) in [7, 11) is 0. The smallest absolute Gasteiger partial charge is 0.351 e. The largest absolute Gasteiger partial charge is 0.772 e. The Labute approximate surface area is 147 Å². The van der Waals surface area contributed by atoms with Gasteiger partial charge in [0.25, 0.3) is 5.91 Å². The van der Waals surface area contributed by atoms with Gasteiger partial charge in [-0.25, -0.2) is 4.79 Å². The van der Waals surface area contributed by atoms with E-state index in [4.69, 9.17) is 5.11 Å². The Balaban J connectivity index is 2.44. The number of aliphatic carboxylic acids is 1. The molecule has 1 unspecified atom stereocenters. The van der Waals surface area contributed by atoms with E-state index in [2.05, 4.69) is 11.9 Å². The molecular formula is C18H16NO5S-. The highest BCUT2D eigenvalue weighted by atomic mass is 32.2. The molecule has 2 aromatic rings. The third-order valence-electron chi connectivity index (χ3n) is 3.45. The van der Waals surface area contributed by atoms with Crippen LogP contribution in [-0.2, 0) is 21.6 Å². The van der Waals surface area contributed by atoms with Gasteiger partial charge in [0, 0.05) is 11.3 Å². The summed E-state index contributed by atoms with van der Waals surface area (Å²) in [6.07, 6.45) is 0. The van der Waals surface area contributed by atoms with E-state index in [1.165, 1.54) is 6.07 Å². The molecule has 1 amide bonds. The van der Waals surface area contributed by atoms with E-state index >= 15 is 0 Å². The highest BCUT2D eigenvalue weighted by Gasteiger charge is 2.13. The quantitative estimate of drug-likeness (QED) is 0.609. The van der Waals surface area contributed by atoms with Crippen molar-refractivity contribution in [3.05, 3.63) is 71.4 Å². The van der Waals surface area contributed by atoms with Crippen molar-refractivity contribution >= 4 is 23.0 Å². The summed E-state index contributed by atoms with van der Waals surface area (Å²) in [5.74, 6) is -2.26. The fraction of sp³-hybridized carbons (Fsp3) is 0.111. The lowest BCUT2D eigenvalue weighted by molar-refractivity contribution is -0.132. The second kappa shape index (κ2) is 7.87. The standard InChI is InChI=1S/C18H17NO5S/c1-11-3-5-14(6-4-11)15-7-13(10-25(23)24)8-16(9-15)17(20)19-12(2)18(21)22/h3-9H,2,10H2,1H3,(H,19,20)(H,21,22)(H,23,24)/p-1. The first kappa shape index (κ1) is 18.6. The van der Waals surface area contributed by atoms with Crippen molar-refractivity contribution in [1.82, 2.24) is 5.32 Å². The van der Waals surface area contributed by atoms with Gasteiger partial charge in [0.15, 0.2) is 0 Å². The zero-order valence-corrected chi connectivity index (χ0v) is 14.3. The molecule has 2 aromatic carbocycles. The van der Waals surface area contributed by atoms with Crippen molar-refractivity contribution in [2.45, 2.75) is 12.7 Å². The van der Waals surface area contributed by atoms with Crippen molar-refractivity contribution in [2.75, 3.05) is 0 Å². The van der Waals surface area contributed by atoms with Crippen LogP contribution in [-0.4, -0.2) is 25.7 Å². The normalized spacial score (nSPS) is 11.6. The van der Waals surface area contributed by atoms with Crippen molar-refractivity contribution in [2.24, 2.45) is 0 Å². The lowest BCUT2D eigenvalue weighted by Crippen LogP contribution is -2.26. The summed E-state index contributed by atoms with van der Waals surface area (Å²) < 4.78 is 22.0. The van der Waals surface area contributed by atoms with Gasteiger partial charge in [-0.05, 0) is 35.7 Å². The van der Waals surface area contributed by atoms with Crippen LogP contribution in [0.2, 0.25) is 0 Å². The maximum Gasteiger partial charge on any atom is 0.351 e. The maximum atomic E-state index is 12.2. The van der Waals surface area contributed by atoms with Gasteiger partial charge in [-0.2, -0.15) is 0 Å². The Morgan fingerprint density at radius 1 is 1.16 bits per heavy atom. The molecule has 0 bridgehead atoms. The minimum Gasteiger partial charge on any atom is -0.772 e. The molecule has 7 heteroatoms. The van der Waals surface area contributed by atoms with E-state index in [0.29, 0.717) is 11.1 Å². The highest BCUT2D eigenvalue weighted by molar-refractivity contribution is 7.78. The average molecular weight is 358 g/mol. The summed E-state index contributed by atoms with van der Waals surface area (Å²) >= 11 is -2.32. The number of hydrogen-bond donors (Lipinski definition) is 2. The van der Waals surface area contributed by atoms with Crippen LogP contribution in [0.4, 0.5) is 0 Å². The van der Waals surface area contributed by atoms with Crippen molar-refractivity contribution in [3.63, 3.8) is 0 Å². The lowest BCUT2D eigenvalue weighted by Gasteiger charge is -2.12. The van der Waals surface area contributed by atoms with Crippen LogP contribution >= 0.6 is 0 Å². The molecule has 0 aliphatic rings. The van der Waals surface area contributed by atoms with Crippen LogP contribution in [0.3, 0.4) is 0 Å². The Bertz CT molecular complexity index is 858. The number of amides is 1. The fourth-order valence-corrected chi connectivity index (χ4v) is 2.66. The zero-order valence-electron chi connectivity index (χ0n) is 13.4. The van der Waals surface area contributed by atoms with E-state index in [9.17, 15) is 18.4 Å². The predicted molar refractivity (Wildman–Crippen MR) is 93.5 cm³/mol. The second-order valence-electron chi connectivity index (χ2n) is 5.47. The average Bonchev–Trinajstić information content (AvgIpc) is 2.54. The van der Waals surface area contributed by atoms with Crippen LogP contribution in [0.1, 0.15) is 21.5 Å². The molecule has 0 heterocycles. The highest BCUT2D eigenvalue weighted by Crippen LogP contribution is 2.24. The Kier molecular flexibility index (Phi) is 5.84. The maximum absolute atomic E-state index is 12.2. The summed E-state index contributed by atoms with van der Waals surface area (Å²) in [6, 6.07) is 12.2. The monoisotopic (exact) mass is 358 g/mol. The number of hydrogen-bond acceptors (Lipinski definition) is 4. The predicted octanol–water partition coefficient (Wildman–Crippen LogP) is 2.37. The van der Waals surface area contributed by atoms with Crippen LogP contribution in [0, 0.1) is 6.92 Å². The summed E-state index contributed by atoms with van der Waals surface area (Å²) in [5, 5.41) is 11.0. The lowest BCUT2D eigenvalue weighted by atomic mass is 9.99. The number of carboxylic acid groups (broad SMARTS) is 1. The molecule has 1 atom stereocenters. The van der Waals surface area contributed by atoms with Crippen molar-refractivity contribution < 1.29 is 23.5 Å². The Morgan fingerprint density at radius 3 is 2.36 bits per heavy atom. The van der Waals surface area contributed by atoms with E-state index in [0.717, 1.165) is 11.1 Å².